The van der Waals surface area contributed by atoms with E-state index in [1.54, 1.807) is 0 Å². The molecule has 0 aliphatic carbocycles. The lowest BCUT2D eigenvalue weighted by Crippen LogP contribution is -2.43. The van der Waals surface area contributed by atoms with Crippen LogP contribution >= 0.6 is 0 Å². The molecule has 30 heavy (non-hydrogen) atoms. The summed E-state index contributed by atoms with van der Waals surface area (Å²) in [4.78, 5) is 47.3. The van der Waals surface area contributed by atoms with Gasteiger partial charge in [-0.05, 0) is 48.5 Å². The van der Waals surface area contributed by atoms with Crippen LogP contribution in [0.2, 0.25) is 0 Å². The summed E-state index contributed by atoms with van der Waals surface area (Å²) in [7, 11) is 0. The molecule has 2 rings (SSSR count). The molecule has 2 aromatic carbocycles. The zero-order valence-electron chi connectivity index (χ0n) is 15.0. The fraction of sp³-hybridized carbons (Fsp3) is 0.100. The molecule has 0 bridgehead atoms. The number of rotatable bonds is 5. The minimum absolute atomic E-state index is 0.123. The lowest BCUT2D eigenvalue weighted by molar-refractivity contribution is -0.166. The normalized spacial score (nSPS) is 11.9. The monoisotopic (exact) mass is 408 g/mol. The molecule has 0 amide bonds. The second kappa shape index (κ2) is 9.71. The lowest BCUT2D eigenvalue weighted by Gasteiger charge is -2.14. The molecule has 150 valence electrons. The third kappa shape index (κ3) is 5.33. The maximum absolute atomic E-state index is 11.9. The van der Waals surface area contributed by atoms with E-state index in [0.29, 0.717) is 0 Å². The Morgan fingerprint density at radius 3 is 1.23 bits per heavy atom. The Kier molecular flexibility index (Phi) is 7.09. The maximum atomic E-state index is 11.9. The minimum atomic E-state index is -2.51. The van der Waals surface area contributed by atoms with E-state index < -0.39 is 36.1 Å². The molecule has 0 aromatic heterocycles. The molecular formula is C20H12N2O8. The summed E-state index contributed by atoms with van der Waals surface area (Å²) >= 11 is 0. The van der Waals surface area contributed by atoms with Gasteiger partial charge in [-0.3, -0.25) is 0 Å². The first-order chi connectivity index (χ1) is 14.3. The topological polar surface area (TPSA) is 175 Å². The largest absolute Gasteiger partial charge is 0.387 e. The maximum Gasteiger partial charge on any atom is 0.346 e. The van der Waals surface area contributed by atoms with E-state index in [-0.39, 0.29) is 22.3 Å². The van der Waals surface area contributed by atoms with Crippen molar-refractivity contribution in [1.29, 1.82) is 10.5 Å². The van der Waals surface area contributed by atoms with E-state index in [1.807, 2.05) is 12.1 Å². The minimum Gasteiger partial charge on any atom is -0.387 e. The van der Waals surface area contributed by atoms with Crippen LogP contribution in [-0.4, -0.2) is 46.3 Å². The number of nitrogens with zero attached hydrogens (tertiary/aromatic N) is 2. The van der Waals surface area contributed by atoms with Crippen LogP contribution in [-0.2, 0) is 19.1 Å². The molecule has 0 aliphatic rings. The molecule has 10 nitrogen and oxygen atoms in total. The predicted octanol–water partition coefficient (Wildman–Crippen LogP) is 0.219. The third-order valence-corrected chi connectivity index (χ3v) is 3.67. The van der Waals surface area contributed by atoms with Crippen LogP contribution in [0.1, 0.15) is 31.8 Å². The van der Waals surface area contributed by atoms with Crippen molar-refractivity contribution in [3.8, 4) is 12.1 Å². The summed E-state index contributed by atoms with van der Waals surface area (Å²) < 4.78 is 8.73. The van der Waals surface area contributed by atoms with Gasteiger partial charge in [-0.15, -0.1) is 0 Å². The molecule has 2 atom stereocenters. The second-order valence-electron chi connectivity index (χ2n) is 5.69. The van der Waals surface area contributed by atoms with E-state index in [0.717, 1.165) is 0 Å². The van der Waals surface area contributed by atoms with E-state index in [2.05, 4.69) is 9.47 Å². The fourth-order valence-electron chi connectivity index (χ4n) is 2.04. The number of carbonyl (C=O) groups excluding carboxylic acids is 4. The Hall–Kier alpha value is -4.38. The van der Waals surface area contributed by atoms with Crippen molar-refractivity contribution in [2.75, 3.05) is 0 Å². The fourth-order valence-corrected chi connectivity index (χ4v) is 2.04. The predicted molar refractivity (Wildman–Crippen MR) is 95.2 cm³/mol. The van der Waals surface area contributed by atoms with Crippen LogP contribution in [0.4, 0.5) is 0 Å². The van der Waals surface area contributed by atoms with Crippen LogP contribution in [0.15, 0.2) is 48.5 Å². The molecule has 0 spiro atoms. The summed E-state index contributed by atoms with van der Waals surface area (Å²) in [6.07, 6.45) is -5.01. The molecule has 0 radical (unpaired) electrons. The number of benzene rings is 2. The summed E-state index contributed by atoms with van der Waals surface area (Å²) in [5.41, 5.74) is 0.260. The van der Waals surface area contributed by atoms with Crippen molar-refractivity contribution >= 4 is 23.9 Å². The van der Waals surface area contributed by atoms with Gasteiger partial charge in [0.25, 0.3) is 0 Å². The van der Waals surface area contributed by atoms with E-state index in [4.69, 9.17) is 10.5 Å². The Morgan fingerprint density at radius 2 is 0.967 bits per heavy atom. The molecule has 0 heterocycles. The number of hydrogen-bond donors (Lipinski definition) is 2. The van der Waals surface area contributed by atoms with Crippen LogP contribution in [0.3, 0.4) is 0 Å². The Morgan fingerprint density at radius 1 is 0.667 bits per heavy atom. The number of carbonyl (C=O) groups is 4. The number of hydrogen-bond acceptors (Lipinski definition) is 10. The first kappa shape index (κ1) is 21.9. The Balaban J connectivity index is 1.96. The van der Waals surface area contributed by atoms with Crippen LogP contribution < -0.4 is 0 Å². The zero-order valence-corrected chi connectivity index (χ0v) is 15.0. The SMILES string of the molecule is N#Cc1ccc(C(=O)OC(=O)C(O)C(O)C(=O)OC(=O)c2ccc(C#N)cc2)cc1. The molecular weight excluding hydrogens is 396 g/mol. The van der Waals surface area contributed by atoms with Gasteiger partial charge in [0.2, 0.25) is 0 Å². The quantitative estimate of drug-likeness (QED) is 0.514. The summed E-state index contributed by atoms with van der Waals surface area (Å²) in [5.74, 6) is -5.70. The van der Waals surface area contributed by atoms with Gasteiger partial charge >= 0.3 is 23.9 Å². The van der Waals surface area contributed by atoms with Crippen LogP contribution in [0.25, 0.3) is 0 Å². The highest BCUT2D eigenvalue weighted by Gasteiger charge is 2.35. The molecule has 0 aliphatic heterocycles. The van der Waals surface area contributed by atoms with Gasteiger partial charge in [-0.2, -0.15) is 10.5 Å². The molecule has 2 unspecified atom stereocenters. The van der Waals surface area contributed by atoms with Gasteiger partial charge in [0.1, 0.15) is 0 Å². The Bertz CT molecular complexity index is 974. The molecule has 0 saturated heterocycles. The van der Waals surface area contributed by atoms with E-state index in [9.17, 15) is 29.4 Å². The average Bonchev–Trinajstić information content (AvgIpc) is 2.77. The third-order valence-electron chi connectivity index (χ3n) is 3.67. The number of aliphatic hydroxyl groups excluding tert-OH is 2. The molecule has 0 fully saturated rings. The van der Waals surface area contributed by atoms with Gasteiger partial charge in [0.05, 0.1) is 34.4 Å². The van der Waals surface area contributed by atoms with Crippen molar-refractivity contribution in [1.82, 2.24) is 0 Å². The number of aliphatic hydroxyl groups is 2. The van der Waals surface area contributed by atoms with Crippen molar-refractivity contribution in [3.05, 3.63) is 70.8 Å². The number of ether oxygens (including phenoxy) is 2. The van der Waals surface area contributed by atoms with E-state index >= 15 is 0 Å². The molecule has 0 saturated carbocycles. The number of esters is 4. The van der Waals surface area contributed by atoms with Crippen LogP contribution in [0.5, 0.6) is 0 Å². The highest BCUT2D eigenvalue weighted by Crippen LogP contribution is 2.09. The van der Waals surface area contributed by atoms with Gasteiger partial charge in [0, 0.05) is 0 Å². The summed E-state index contributed by atoms with van der Waals surface area (Å²) in [6, 6.07) is 13.6. The van der Waals surface area contributed by atoms with Gasteiger partial charge in [-0.25, -0.2) is 19.2 Å². The summed E-state index contributed by atoms with van der Waals surface area (Å²) in [5, 5.41) is 36.8. The zero-order chi connectivity index (χ0) is 22.3. The van der Waals surface area contributed by atoms with Crippen molar-refractivity contribution in [3.63, 3.8) is 0 Å². The second-order valence-corrected chi connectivity index (χ2v) is 5.69. The summed E-state index contributed by atoms with van der Waals surface area (Å²) in [6.45, 7) is 0. The first-order valence-electron chi connectivity index (χ1n) is 8.15. The van der Waals surface area contributed by atoms with Crippen LogP contribution in [0, 0.1) is 22.7 Å². The van der Waals surface area contributed by atoms with Gasteiger partial charge in [0.15, 0.2) is 12.2 Å². The lowest BCUT2D eigenvalue weighted by atomic mass is 10.1. The van der Waals surface area contributed by atoms with Crippen molar-refractivity contribution in [2.24, 2.45) is 0 Å². The van der Waals surface area contributed by atoms with Gasteiger partial charge < -0.3 is 19.7 Å². The molecule has 10 heteroatoms. The first-order valence-corrected chi connectivity index (χ1v) is 8.15. The van der Waals surface area contributed by atoms with E-state index in [1.165, 1.54) is 48.5 Å². The average molecular weight is 408 g/mol. The standard InChI is InChI=1S/C20H12N2O8/c21-9-11-1-5-13(6-2-11)17(25)29-19(27)15(23)16(24)20(28)30-18(26)14-7-3-12(10-22)4-8-14/h1-8,15-16,23-24H. The highest BCUT2D eigenvalue weighted by molar-refractivity contribution is 6.01. The van der Waals surface area contributed by atoms with Crippen molar-refractivity contribution in [2.45, 2.75) is 12.2 Å². The number of nitriles is 2. The molecule has 2 N–H and O–H groups in total. The van der Waals surface area contributed by atoms with Crippen molar-refractivity contribution < 1.29 is 38.9 Å². The van der Waals surface area contributed by atoms with Gasteiger partial charge in [-0.1, -0.05) is 0 Å². The Labute approximate surface area is 169 Å². The smallest absolute Gasteiger partial charge is 0.346 e. The molecule has 2 aromatic rings. The highest BCUT2D eigenvalue weighted by atomic mass is 16.6.